The summed E-state index contributed by atoms with van der Waals surface area (Å²) < 4.78 is 5.69. The lowest BCUT2D eigenvalue weighted by atomic mass is 10.1. The van der Waals surface area contributed by atoms with E-state index < -0.39 is 0 Å². The van der Waals surface area contributed by atoms with E-state index in [2.05, 4.69) is 4.98 Å². The molecule has 0 bridgehead atoms. The summed E-state index contributed by atoms with van der Waals surface area (Å²) in [6, 6.07) is 9.17. The minimum Gasteiger partial charge on any atom is -0.437 e. The van der Waals surface area contributed by atoms with Gasteiger partial charge in [-0.15, -0.1) is 0 Å². The van der Waals surface area contributed by atoms with Gasteiger partial charge in [0.15, 0.2) is 0 Å². The van der Waals surface area contributed by atoms with Gasteiger partial charge >= 0.3 is 0 Å². The zero-order valence-electron chi connectivity index (χ0n) is 10.4. The molecule has 2 rings (SSSR count). The number of halogens is 1. The fraction of sp³-hybridized carbons (Fsp3) is 0.214. The van der Waals surface area contributed by atoms with Crippen LogP contribution in [-0.2, 0) is 6.42 Å². The highest BCUT2D eigenvalue weighted by atomic mass is 35.5. The fourth-order valence-electron chi connectivity index (χ4n) is 1.62. The van der Waals surface area contributed by atoms with Gasteiger partial charge in [-0.25, -0.2) is 4.98 Å². The zero-order valence-corrected chi connectivity index (χ0v) is 11.2. The Morgan fingerprint density at radius 1 is 1.28 bits per heavy atom. The van der Waals surface area contributed by atoms with Crippen LogP contribution in [-0.4, -0.2) is 4.98 Å². The van der Waals surface area contributed by atoms with Gasteiger partial charge in [0, 0.05) is 10.7 Å². The van der Waals surface area contributed by atoms with Crippen molar-refractivity contribution in [2.24, 2.45) is 0 Å². The monoisotopic (exact) mass is 262 g/mol. The van der Waals surface area contributed by atoms with Gasteiger partial charge in [0.05, 0.1) is 5.69 Å². The predicted molar refractivity (Wildman–Crippen MR) is 74.3 cm³/mol. The van der Waals surface area contributed by atoms with Gasteiger partial charge in [-0.1, -0.05) is 18.5 Å². The van der Waals surface area contributed by atoms with Crippen molar-refractivity contribution < 1.29 is 4.74 Å². The number of nitrogens with two attached hydrogens (primary N) is 1. The molecular weight excluding hydrogens is 248 g/mol. The topological polar surface area (TPSA) is 48.1 Å². The molecule has 0 spiro atoms. The third kappa shape index (κ3) is 2.74. The molecule has 0 aliphatic rings. The lowest BCUT2D eigenvalue weighted by molar-refractivity contribution is 0.464. The van der Waals surface area contributed by atoms with Gasteiger partial charge in [0.1, 0.15) is 5.75 Å². The number of rotatable bonds is 3. The van der Waals surface area contributed by atoms with E-state index >= 15 is 0 Å². The lowest BCUT2D eigenvalue weighted by Gasteiger charge is -2.09. The number of hydrogen-bond donors (Lipinski definition) is 1. The number of nitrogen functional groups attached to an aromatic ring is 1. The average molecular weight is 263 g/mol. The van der Waals surface area contributed by atoms with Gasteiger partial charge in [-0.2, -0.15) is 0 Å². The third-order valence-electron chi connectivity index (χ3n) is 2.64. The van der Waals surface area contributed by atoms with Crippen molar-refractivity contribution in [3.8, 4) is 11.6 Å². The summed E-state index contributed by atoms with van der Waals surface area (Å²) >= 11 is 6.06. The number of nitrogens with zero attached hydrogens (tertiary/aromatic N) is 1. The molecule has 3 nitrogen and oxygen atoms in total. The van der Waals surface area contributed by atoms with Gasteiger partial charge in [-0.05, 0) is 49.2 Å². The number of anilines is 1. The largest absolute Gasteiger partial charge is 0.437 e. The minimum atomic E-state index is 0.430. The molecule has 0 radical (unpaired) electrons. The highest BCUT2D eigenvalue weighted by Crippen LogP contribution is 2.28. The molecule has 2 N–H and O–H groups in total. The molecule has 0 saturated carbocycles. The first-order valence-electron chi connectivity index (χ1n) is 5.79. The predicted octanol–water partition coefficient (Wildman–Crippen LogP) is 3.98. The van der Waals surface area contributed by atoms with Gasteiger partial charge in [0.25, 0.3) is 0 Å². The summed E-state index contributed by atoms with van der Waals surface area (Å²) in [5, 5.41) is 0.745. The molecule has 0 fully saturated rings. The number of aromatic nitrogens is 1. The third-order valence-corrected chi connectivity index (χ3v) is 3.01. The molecule has 1 heterocycles. The van der Waals surface area contributed by atoms with E-state index in [1.165, 1.54) is 0 Å². The van der Waals surface area contributed by atoms with Crippen molar-refractivity contribution in [3.05, 3.63) is 46.6 Å². The summed E-state index contributed by atoms with van der Waals surface area (Å²) in [5.41, 5.74) is 8.25. The smallest absolute Gasteiger partial charge is 0.242 e. The standard InChI is InChI=1S/C14H15ClN2O/c1-3-10-8-11(5-6-12(10)15)18-14-13(16)7-4-9(2)17-14/h4-8H,3,16H2,1-2H3. The fourth-order valence-corrected chi connectivity index (χ4v) is 1.87. The Bertz CT molecular complexity index is 570. The van der Waals surface area contributed by atoms with Crippen LogP contribution in [0.25, 0.3) is 0 Å². The Hall–Kier alpha value is -1.74. The lowest BCUT2D eigenvalue weighted by Crippen LogP contribution is -1.96. The highest BCUT2D eigenvalue weighted by molar-refractivity contribution is 6.31. The number of aryl methyl sites for hydroxylation is 2. The second kappa shape index (κ2) is 5.27. The zero-order chi connectivity index (χ0) is 13.1. The molecule has 0 unspecified atom stereocenters. The van der Waals surface area contributed by atoms with Crippen molar-refractivity contribution in [2.45, 2.75) is 20.3 Å². The maximum absolute atomic E-state index is 6.06. The van der Waals surface area contributed by atoms with Crippen molar-refractivity contribution in [3.63, 3.8) is 0 Å². The van der Waals surface area contributed by atoms with Gasteiger partial charge < -0.3 is 10.5 Å². The first kappa shape index (κ1) is 12.7. The Kier molecular flexibility index (Phi) is 3.72. The molecule has 0 saturated heterocycles. The van der Waals surface area contributed by atoms with Crippen LogP contribution in [0.5, 0.6) is 11.6 Å². The van der Waals surface area contributed by atoms with Crippen LogP contribution in [0.3, 0.4) is 0 Å². The normalized spacial score (nSPS) is 10.4. The van der Waals surface area contributed by atoms with Crippen LogP contribution in [0.15, 0.2) is 30.3 Å². The van der Waals surface area contributed by atoms with Crippen LogP contribution in [0.4, 0.5) is 5.69 Å². The molecule has 18 heavy (non-hydrogen) atoms. The summed E-state index contributed by atoms with van der Waals surface area (Å²) in [5.74, 6) is 1.13. The van der Waals surface area contributed by atoms with Crippen molar-refractivity contribution >= 4 is 17.3 Å². The molecule has 0 atom stereocenters. The molecule has 94 valence electrons. The summed E-state index contributed by atoms with van der Waals surface area (Å²) in [6.07, 6.45) is 0.854. The second-order valence-electron chi connectivity index (χ2n) is 4.06. The van der Waals surface area contributed by atoms with E-state index in [1.807, 2.05) is 38.1 Å². The van der Waals surface area contributed by atoms with Crippen LogP contribution in [0.1, 0.15) is 18.2 Å². The van der Waals surface area contributed by atoms with Crippen LogP contribution < -0.4 is 10.5 Å². The molecule has 0 aliphatic heterocycles. The molecule has 1 aromatic heterocycles. The maximum atomic E-state index is 6.06. The number of ether oxygens (including phenoxy) is 1. The average Bonchev–Trinajstić information content (AvgIpc) is 2.36. The SMILES string of the molecule is CCc1cc(Oc2nc(C)ccc2N)ccc1Cl. The summed E-state index contributed by atoms with van der Waals surface area (Å²) in [4.78, 5) is 4.27. The van der Waals surface area contributed by atoms with Crippen molar-refractivity contribution in [1.29, 1.82) is 0 Å². The highest BCUT2D eigenvalue weighted by Gasteiger charge is 2.06. The van der Waals surface area contributed by atoms with Crippen molar-refractivity contribution in [2.75, 3.05) is 5.73 Å². The van der Waals surface area contributed by atoms with E-state index in [1.54, 1.807) is 6.07 Å². The number of benzene rings is 1. The molecule has 0 aliphatic carbocycles. The molecule has 1 aromatic carbocycles. The molecule has 4 heteroatoms. The van der Waals surface area contributed by atoms with Gasteiger partial charge in [0.2, 0.25) is 5.88 Å². The first-order chi connectivity index (χ1) is 8.60. The van der Waals surface area contributed by atoms with E-state index in [9.17, 15) is 0 Å². The van der Waals surface area contributed by atoms with E-state index in [-0.39, 0.29) is 0 Å². The Labute approximate surface area is 112 Å². The quantitative estimate of drug-likeness (QED) is 0.910. The Morgan fingerprint density at radius 3 is 2.78 bits per heavy atom. The van der Waals surface area contributed by atoms with E-state index in [0.29, 0.717) is 17.3 Å². The van der Waals surface area contributed by atoms with Crippen molar-refractivity contribution in [1.82, 2.24) is 4.98 Å². The van der Waals surface area contributed by atoms with Crippen LogP contribution in [0, 0.1) is 6.92 Å². The van der Waals surface area contributed by atoms with Crippen LogP contribution in [0.2, 0.25) is 5.02 Å². The number of pyridine rings is 1. The second-order valence-corrected chi connectivity index (χ2v) is 4.46. The molecule has 2 aromatic rings. The number of hydrogen-bond acceptors (Lipinski definition) is 3. The minimum absolute atomic E-state index is 0.430. The summed E-state index contributed by atoms with van der Waals surface area (Å²) in [6.45, 7) is 3.94. The van der Waals surface area contributed by atoms with Crippen LogP contribution >= 0.6 is 11.6 Å². The van der Waals surface area contributed by atoms with E-state index in [4.69, 9.17) is 22.1 Å². The Morgan fingerprint density at radius 2 is 2.06 bits per heavy atom. The first-order valence-corrected chi connectivity index (χ1v) is 6.17. The molecular formula is C14H15ClN2O. The molecule has 0 amide bonds. The van der Waals surface area contributed by atoms with E-state index in [0.717, 1.165) is 22.7 Å². The summed E-state index contributed by atoms with van der Waals surface area (Å²) in [7, 11) is 0. The maximum Gasteiger partial charge on any atom is 0.242 e. The Balaban J connectivity index is 2.31. The van der Waals surface area contributed by atoms with Gasteiger partial charge in [-0.3, -0.25) is 0 Å².